The number of hydrogen-bond acceptors (Lipinski definition) is 3. The van der Waals surface area contributed by atoms with E-state index in [1.807, 2.05) is 0 Å². The number of nitrogens with zero attached hydrogens (tertiary/aromatic N) is 3. The largest absolute Gasteiger partial charge is 0.335 e. The second kappa shape index (κ2) is 14.5. The summed E-state index contributed by atoms with van der Waals surface area (Å²) in [6, 6.07) is 60.0. The molecule has 4 heterocycles. The molecule has 13 rings (SSSR count). The van der Waals surface area contributed by atoms with Crippen molar-refractivity contribution in [2.45, 2.75) is 146 Å². The molecule has 69 heavy (non-hydrogen) atoms. The lowest BCUT2D eigenvalue weighted by molar-refractivity contribution is 0.195. The minimum atomic E-state index is -0.205. The number of anilines is 7. The summed E-state index contributed by atoms with van der Waals surface area (Å²) >= 11 is 0. The standard InChI is InChI=1S/C65H68BN3/c1-60(2,3)45-32-34-53(48(39-45)43-23-12-10-13-24-43)67-55-40-46(61(4,5)6)31-33-51(55)66-52-29-22-28-50-59(52)69(63(8)36-19-18-35-62(50,63)7)57-42-47(41-56(67)58(57)66)68-54-30-17-16-27-49(54)65(44-25-14-11-15-26-44)38-21-20-37-64(65,68)9/h10-17,22-34,39-42H,18-21,35-38H2,1-9H3. The molecule has 346 valence electrons. The fourth-order valence-corrected chi connectivity index (χ4v) is 15.3. The van der Waals surface area contributed by atoms with Gasteiger partial charge in [0.2, 0.25) is 0 Å². The predicted octanol–water partition coefficient (Wildman–Crippen LogP) is 15.1. The Hall–Kier alpha value is -6.00. The van der Waals surface area contributed by atoms with Crippen LogP contribution in [0.3, 0.4) is 0 Å². The summed E-state index contributed by atoms with van der Waals surface area (Å²) in [5, 5.41) is 0. The highest BCUT2D eigenvalue weighted by molar-refractivity contribution is 7.00. The maximum Gasteiger partial charge on any atom is 0.252 e. The summed E-state index contributed by atoms with van der Waals surface area (Å²) in [6.45, 7) is 22.1. The van der Waals surface area contributed by atoms with Crippen LogP contribution in [-0.2, 0) is 21.7 Å². The topological polar surface area (TPSA) is 9.72 Å². The van der Waals surface area contributed by atoms with Gasteiger partial charge >= 0.3 is 0 Å². The first-order chi connectivity index (χ1) is 33.1. The Morgan fingerprint density at radius 3 is 1.84 bits per heavy atom. The van der Waals surface area contributed by atoms with Crippen molar-refractivity contribution in [1.29, 1.82) is 0 Å². The highest BCUT2D eigenvalue weighted by Gasteiger charge is 2.63. The molecule has 2 saturated carbocycles. The van der Waals surface area contributed by atoms with Crippen LogP contribution in [0.15, 0.2) is 152 Å². The molecule has 7 aromatic carbocycles. The van der Waals surface area contributed by atoms with Gasteiger partial charge in [0.05, 0.1) is 16.8 Å². The predicted molar refractivity (Wildman–Crippen MR) is 294 cm³/mol. The lowest BCUT2D eigenvalue weighted by atomic mass is 9.33. The summed E-state index contributed by atoms with van der Waals surface area (Å²) in [4.78, 5) is 8.53. The second-order valence-corrected chi connectivity index (χ2v) is 24.5. The van der Waals surface area contributed by atoms with Crippen molar-refractivity contribution >= 4 is 62.9 Å². The van der Waals surface area contributed by atoms with Crippen LogP contribution < -0.4 is 31.1 Å². The van der Waals surface area contributed by atoms with E-state index in [4.69, 9.17) is 0 Å². The second-order valence-electron chi connectivity index (χ2n) is 24.5. The van der Waals surface area contributed by atoms with Gasteiger partial charge in [-0.2, -0.15) is 0 Å². The summed E-state index contributed by atoms with van der Waals surface area (Å²) in [6.07, 6.45) is 9.59. The first-order valence-electron chi connectivity index (χ1n) is 26.3. The average Bonchev–Trinajstić information content (AvgIpc) is 3.72. The number of rotatable bonds is 4. The van der Waals surface area contributed by atoms with Gasteiger partial charge in [-0.3, -0.25) is 0 Å². The minimum absolute atomic E-state index is 0.0193. The van der Waals surface area contributed by atoms with Crippen LogP contribution in [0.1, 0.15) is 141 Å². The molecule has 0 aromatic heterocycles. The molecule has 4 unspecified atom stereocenters. The molecule has 2 fully saturated rings. The molecule has 0 radical (unpaired) electrons. The van der Waals surface area contributed by atoms with Gasteiger partial charge in [0.15, 0.2) is 0 Å². The van der Waals surface area contributed by atoms with E-state index in [0.29, 0.717) is 0 Å². The summed E-state index contributed by atoms with van der Waals surface area (Å²) in [5.41, 5.74) is 22.9. The smallest absolute Gasteiger partial charge is 0.252 e. The number of benzene rings is 7. The maximum absolute atomic E-state index is 2.93. The number of fused-ring (bicyclic) bond motifs is 10. The van der Waals surface area contributed by atoms with Crippen LogP contribution in [0.4, 0.5) is 39.8 Å². The summed E-state index contributed by atoms with van der Waals surface area (Å²) < 4.78 is 0. The van der Waals surface area contributed by atoms with Gasteiger partial charge in [0, 0.05) is 50.5 Å². The normalized spacial score (nSPS) is 25.1. The number of para-hydroxylation sites is 2. The van der Waals surface area contributed by atoms with Gasteiger partial charge in [0.1, 0.15) is 0 Å². The Kier molecular flexibility index (Phi) is 9.07. The van der Waals surface area contributed by atoms with E-state index in [1.54, 1.807) is 5.56 Å². The molecule has 0 bridgehead atoms. The Bertz CT molecular complexity index is 3230. The molecule has 6 aliphatic rings. The van der Waals surface area contributed by atoms with Crippen molar-refractivity contribution in [3.63, 3.8) is 0 Å². The van der Waals surface area contributed by atoms with Crippen LogP contribution in [0.2, 0.25) is 0 Å². The zero-order valence-corrected chi connectivity index (χ0v) is 42.5. The molecule has 2 aliphatic carbocycles. The summed E-state index contributed by atoms with van der Waals surface area (Å²) in [5.74, 6) is 0. The third-order valence-corrected chi connectivity index (χ3v) is 19.0. The first-order valence-corrected chi connectivity index (χ1v) is 26.3. The zero-order chi connectivity index (χ0) is 47.5. The van der Waals surface area contributed by atoms with Crippen molar-refractivity contribution in [1.82, 2.24) is 0 Å². The van der Waals surface area contributed by atoms with Crippen molar-refractivity contribution in [3.05, 3.63) is 179 Å². The van der Waals surface area contributed by atoms with Gasteiger partial charge in [-0.25, -0.2) is 0 Å². The maximum atomic E-state index is 2.93. The van der Waals surface area contributed by atoms with E-state index >= 15 is 0 Å². The first kappa shape index (κ1) is 43.1. The van der Waals surface area contributed by atoms with E-state index in [-0.39, 0.29) is 39.5 Å². The molecule has 0 saturated heterocycles. The Labute approximate surface area is 412 Å². The van der Waals surface area contributed by atoms with E-state index in [9.17, 15) is 0 Å². The van der Waals surface area contributed by atoms with Crippen LogP contribution >= 0.6 is 0 Å². The lowest BCUT2D eigenvalue weighted by Gasteiger charge is -2.54. The molecule has 3 nitrogen and oxygen atoms in total. The van der Waals surface area contributed by atoms with Crippen molar-refractivity contribution in [2.24, 2.45) is 0 Å². The quantitative estimate of drug-likeness (QED) is 0.163. The zero-order valence-electron chi connectivity index (χ0n) is 42.5. The average molecular weight is 902 g/mol. The van der Waals surface area contributed by atoms with Crippen LogP contribution in [-0.4, -0.2) is 17.8 Å². The highest BCUT2D eigenvalue weighted by Crippen LogP contribution is 2.66. The Balaban J connectivity index is 1.17. The molecule has 0 spiro atoms. The molecule has 4 heteroatoms. The van der Waals surface area contributed by atoms with E-state index in [2.05, 4.69) is 229 Å². The molecule has 0 N–H and O–H groups in total. The fraction of sp³-hybridized carbons (Fsp3) is 0.354. The van der Waals surface area contributed by atoms with Crippen molar-refractivity contribution in [2.75, 3.05) is 14.7 Å². The Morgan fingerprint density at radius 1 is 0.464 bits per heavy atom. The van der Waals surface area contributed by atoms with Crippen LogP contribution in [0.25, 0.3) is 11.1 Å². The molecule has 4 atom stereocenters. The van der Waals surface area contributed by atoms with Crippen molar-refractivity contribution in [3.8, 4) is 11.1 Å². The minimum Gasteiger partial charge on any atom is -0.335 e. The van der Waals surface area contributed by atoms with Gasteiger partial charge < -0.3 is 14.7 Å². The monoisotopic (exact) mass is 902 g/mol. The molecule has 7 aromatic rings. The molecule has 4 aliphatic heterocycles. The number of hydrogen-bond donors (Lipinski definition) is 0. The summed E-state index contributed by atoms with van der Waals surface area (Å²) in [7, 11) is 0. The van der Waals surface area contributed by atoms with Crippen LogP contribution in [0, 0.1) is 0 Å². The fourth-order valence-electron chi connectivity index (χ4n) is 15.3. The van der Waals surface area contributed by atoms with Gasteiger partial charge in [-0.1, -0.05) is 189 Å². The highest BCUT2D eigenvalue weighted by atomic mass is 15.3. The Morgan fingerprint density at radius 2 is 1.09 bits per heavy atom. The lowest BCUT2D eigenvalue weighted by Crippen LogP contribution is -2.64. The van der Waals surface area contributed by atoms with Gasteiger partial charge in [-0.05, 0) is 137 Å². The van der Waals surface area contributed by atoms with E-state index in [1.165, 1.54) is 128 Å². The van der Waals surface area contributed by atoms with Crippen LogP contribution in [0.5, 0.6) is 0 Å². The van der Waals surface area contributed by atoms with E-state index in [0.717, 1.165) is 12.8 Å². The molecular formula is C65H68BN3. The third-order valence-electron chi connectivity index (χ3n) is 19.0. The van der Waals surface area contributed by atoms with Gasteiger partial charge in [-0.15, -0.1) is 0 Å². The SMILES string of the molecule is CC(C)(C)c1ccc(N2c3cc(C(C)(C)C)ccc3B3c4cccc5c4N(c4cc(N6c7ccccc7C7(c8ccccc8)CCCCC67C)cc2c43)C2(C)CCCCC52C)c(-c2ccccc2)c1. The van der Waals surface area contributed by atoms with E-state index < -0.39 is 0 Å². The third kappa shape index (κ3) is 5.64. The molecular weight excluding hydrogens is 834 g/mol. The van der Waals surface area contributed by atoms with Gasteiger partial charge in [0.25, 0.3) is 6.71 Å². The molecule has 0 amide bonds. The van der Waals surface area contributed by atoms with Crippen molar-refractivity contribution < 1.29 is 0 Å².